The lowest BCUT2D eigenvalue weighted by Gasteiger charge is -2.16. The van der Waals surface area contributed by atoms with E-state index in [4.69, 9.17) is 17.3 Å². The van der Waals surface area contributed by atoms with Gasteiger partial charge in [0, 0.05) is 35.2 Å². The van der Waals surface area contributed by atoms with Gasteiger partial charge in [-0.3, -0.25) is 4.90 Å². The largest absolute Gasteiger partial charge is 0.326 e. The van der Waals surface area contributed by atoms with Crippen LogP contribution in [0.15, 0.2) is 22.7 Å². The minimum Gasteiger partial charge on any atom is -0.326 e. The Morgan fingerprint density at radius 1 is 1.50 bits per heavy atom. The fraction of sp³-hybridized carbons (Fsp3) is 0.455. The molecule has 0 aliphatic carbocycles. The third-order valence-electron chi connectivity index (χ3n) is 2.72. The van der Waals surface area contributed by atoms with Crippen LogP contribution in [-0.4, -0.2) is 24.0 Å². The van der Waals surface area contributed by atoms with Gasteiger partial charge in [-0.25, -0.2) is 0 Å². The minimum absolute atomic E-state index is 0. The van der Waals surface area contributed by atoms with E-state index >= 15 is 0 Å². The van der Waals surface area contributed by atoms with Crippen molar-refractivity contribution in [1.82, 2.24) is 4.90 Å². The molecule has 1 heterocycles. The summed E-state index contributed by atoms with van der Waals surface area (Å²) in [6.45, 7) is 3.04. The molecule has 0 bridgehead atoms. The van der Waals surface area contributed by atoms with Crippen LogP contribution in [-0.2, 0) is 6.54 Å². The summed E-state index contributed by atoms with van der Waals surface area (Å²) in [5.74, 6) is 0. The first-order chi connectivity index (χ1) is 7.15. The molecular formula is C11H15BrCl2N2. The van der Waals surface area contributed by atoms with Gasteiger partial charge < -0.3 is 5.73 Å². The zero-order valence-electron chi connectivity index (χ0n) is 8.83. The Balaban J connectivity index is 0.00000128. The maximum atomic E-state index is 5.89. The first kappa shape index (κ1) is 14.3. The van der Waals surface area contributed by atoms with Crippen LogP contribution in [0.4, 0.5) is 0 Å². The van der Waals surface area contributed by atoms with Crippen LogP contribution in [0.1, 0.15) is 12.0 Å². The zero-order valence-corrected chi connectivity index (χ0v) is 12.0. The van der Waals surface area contributed by atoms with E-state index in [1.54, 1.807) is 0 Å². The Morgan fingerprint density at radius 2 is 2.25 bits per heavy atom. The molecular weight excluding hydrogens is 311 g/mol. The third kappa shape index (κ3) is 3.60. The van der Waals surface area contributed by atoms with E-state index in [2.05, 4.69) is 26.9 Å². The van der Waals surface area contributed by atoms with Crippen molar-refractivity contribution < 1.29 is 0 Å². The van der Waals surface area contributed by atoms with Crippen molar-refractivity contribution in [3.63, 3.8) is 0 Å². The van der Waals surface area contributed by atoms with Gasteiger partial charge in [0.25, 0.3) is 0 Å². The SMILES string of the molecule is Cl.N[C@H]1CCN(Cc2ccc(Cl)cc2Br)C1. The Kier molecular flexibility index (Phi) is 5.54. The van der Waals surface area contributed by atoms with Gasteiger partial charge in [0.05, 0.1) is 0 Å². The van der Waals surface area contributed by atoms with E-state index < -0.39 is 0 Å². The highest BCUT2D eigenvalue weighted by Gasteiger charge is 2.19. The Labute approximate surface area is 116 Å². The van der Waals surface area contributed by atoms with E-state index in [-0.39, 0.29) is 12.4 Å². The van der Waals surface area contributed by atoms with Crippen LogP contribution in [0, 0.1) is 0 Å². The lowest BCUT2D eigenvalue weighted by Crippen LogP contribution is -2.26. The van der Waals surface area contributed by atoms with E-state index in [0.717, 1.165) is 35.6 Å². The molecule has 0 unspecified atom stereocenters. The summed E-state index contributed by atoms with van der Waals surface area (Å²) in [5, 5.41) is 0.767. The molecule has 1 aromatic carbocycles. The predicted molar refractivity (Wildman–Crippen MR) is 74.3 cm³/mol. The van der Waals surface area contributed by atoms with Crippen LogP contribution in [0.25, 0.3) is 0 Å². The fourth-order valence-corrected chi connectivity index (χ4v) is 2.71. The highest BCUT2D eigenvalue weighted by molar-refractivity contribution is 9.10. The summed E-state index contributed by atoms with van der Waals surface area (Å²) in [7, 11) is 0. The maximum Gasteiger partial charge on any atom is 0.0417 e. The van der Waals surface area contributed by atoms with Gasteiger partial charge in [-0.1, -0.05) is 33.6 Å². The number of halogens is 3. The Bertz CT molecular complexity index is 360. The second-order valence-electron chi connectivity index (χ2n) is 4.02. The molecule has 1 aromatic rings. The van der Waals surface area contributed by atoms with Crippen molar-refractivity contribution in [2.75, 3.05) is 13.1 Å². The monoisotopic (exact) mass is 324 g/mol. The van der Waals surface area contributed by atoms with Crippen LogP contribution >= 0.6 is 39.9 Å². The molecule has 1 saturated heterocycles. The fourth-order valence-electron chi connectivity index (χ4n) is 1.90. The molecule has 1 aliphatic heterocycles. The molecule has 16 heavy (non-hydrogen) atoms. The number of nitrogens with zero attached hydrogens (tertiary/aromatic N) is 1. The number of likely N-dealkylation sites (tertiary alicyclic amines) is 1. The average Bonchev–Trinajstić information content (AvgIpc) is 2.56. The predicted octanol–water partition coefficient (Wildman–Crippen LogP) is 3.06. The second kappa shape index (κ2) is 6.22. The molecule has 0 saturated carbocycles. The lowest BCUT2D eigenvalue weighted by molar-refractivity contribution is 0.326. The molecule has 1 fully saturated rings. The molecule has 2 rings (SSSR count). The summed E-state index contributed by atoms with van der Waals surface area (Å²) >= 11 is 9.42. The highest BCUT2D eigenvalue weighted by atomic mass is 79.9. The van der Waals surface area contributed by atoms with E-state index in [1.165, 1.54) is 5.56 Å². The van der Waals surface area contributed by atoms with Gasteiger partial charge in [-0.2, -0.15) is 0 Å². The van der Waals surface area contributed by atoms with Crippen molar-refractivity contribution in [3.8, 4) is 0 Å². The second-order valence-corrected chi connectivity index (χ2v) is 5.31. The summed E-state index contributed by atoms with van der Waals surface area (Å²) < 4.78 is 1.08. The topological polar surface area (TPSA) is 29.3 Å². The Morgan fingerprint density at radius 3 is 2.81 bits per heavy atom. The number of nitrogens with two attached hydrogens (primary N) is 1. The van der Waals surface area contributed by atoms with Gasteiger partial charge in [-0.05, 0) is 24.1 Å². The third-order valence-corrected chi connectivity index (χ3v) is 3.69. The molecule has 1 aliphatic rings. The summed E-state index contributed by atoms with van der Waals surface area (Å²) in [4.78, 5) is 2.37. The van der Waals surface area contributed by atoms with E-state index in [9.17, 15) is 0 Å². The number of rotatable bonds is 2. The van der Waals surface area contributed by atoms with E-state index in [0.29, 0.717) is 6.04 Å². The molecule has 0 radical (unpaired) electrons. The standard InChI is InChI=1S/C11H14BrClN2.ClH/c12-11-5-9(13)2-1-8(11)6-15-4-3-10(14)7-15;/h1-2,5,10H,3-4,6-7,14H2;1H/t10-;/m0./s1. The van der Waals surface area contributed by atoms with Crippen molar-refractivity contribution in [2.24, 2.45) is 5.73 Å². The molecule has 2 N–H and O–H groups in total. The van der Waals surface area contributed by atoms with Crippen molar-refractivity contribution >= 4 is 39.9 Å². The average molecular weight is 326 g/mol. The van der Waals surface area contributed by atoms with Crippen molar-refractivity contribution in [1.29, 1.82) is 0 Å². The van der Waals surface area contributed by atoms with Gasteiger partial charge in [0.1, 0.15) is 0 Å². The van der Waals surface area contributed by atoms with Crippen LogP contribution in [0.5, 0.6) is 0 Å². The molecule has 2 nitrogen and oxygen atoms in total. The number of hydrogen-bond donors (Lipinski definition) is 1. The first-order valence-corrected chi connectivity index (χ1v) is 6.24. The number of hydrogen-bond acceptors (Lipinski definition) is 2. The minimum atomic E-state index is 0. The van der Waals surface area contributed by atoms with Crippen LogP contribution < -0.4 is 5.73 Å². The summed E-state index contributed by atoms with van der Waals surface area (Å²) in [5.41, 5.74) is 7.14. The van der Waals surface area contributed by atoms with E-state index in [1.807, 2.05) is 12.1 Å². The molecule has 0 amide bonds. The maximum absolute atomic E-state index is 5.89. The smallest absolute Gasteiger partial charge is 0.0417 e. The molecule has 0 spiro atoms. The summed E-state index contributed by atoms with van der Waals surface area (Å²) in [6, 6.07) is 6.27. The lowest BCUT2D eigenvalue weighted by atomic mass is 10.2. The molecule has 0 aromatic heterocycles. The molecule has 1 atom stereocenters. The normalized spacial score (nSPS) is 20.8. The summed E-state index contributed by atoms with van der Waals surface area (Å²) in [6.07, 6.45) is 1.10. The quantitative estimate of drug-likeness (QED) is 0.905. The highest BCUT2D eigenvalue weighted by Crippen LogP contribution is 2.23. The number of benzene rings is 1. The van der Waals surface area contributed by atoms with Crippen LogP contribution in [0.3, 0.4) is 0 Å². The first-order valence-electron chi connectivity index (χ1n) is 5.07. The Hall–Kier alpha value is 0.200. The van der Waals surface area contributed by atoms with Gasteiger partial charge in [0.15, 0.2) is 0 Å². The van der Waals surface area contributed by atoms with Crippen LogP contribution in [0.2, 0.25) is 5.02 Å². The van der Waals surface area contributed by atoms with Gasteiger partial charge in [-0.15, -0.1) is 12.4 Å². The van der Waals surface area contributed by atoms with Gasteiger partial charge >= 0.3 is 0 Å². The van der Waals surface area contributed by atoms with Crippen molar-refractivity contribution in [3.05, 3.63) is 33.3 Å². The molecule has 5 heteroatoms. The zero-order chi connectivity index (χ0) is 10.8. The van der Waals surface area contributed by atoms with Gasteiger partial charge in [0.2, 0.25) is 0 Å². The molecule has 90 valence electrons. The van der Waals surface area contributed by atoms with Crippen molar-refractivity contribution in [2.45, 2.75) is 19.0 Å².